The molecular formula is C25H23N3O2S. The molecule has 1 atom stereocenters. The fourth-order valence-corrected chi connectivity index (χ4v) is 4.19. The highest BCUT2D eigenvalue weighted by Gasteiger charge is 2.15. The minimum atomic E-state index is -0.304. The van der Waals surface area contributed by atoms with E-state index in [0.29, 0.717) is 11.3 Å². The van der Waals surface area contributed by atoms with Gasteiger partial charge in [-0.15, -0.1) is 11.8 Å². The van der Waals surface area contributed by atoms with E-state index >= 15 is 0 Å². The number of benzene rings is 3. The van der Waals surface area contributed by atoms with Gasteiger partial charge in [-0.05, 0) is 67.8 Å². The van der Waals surface area contributed by atoms with Gasteiger partial charge < -0.3 is 15.6 Å². The Morgan fingerprint density at radius 1 is 0.903 bits per heavy atom. The summed E-state index contributed by atoms with van der Waals surface area (Å²) in [4.78, 5) is 29.2. The molecule has 2 amide bonds. The number of aromatic amines is 1. The predicted octanol–water partition coefficient (Wildman–Crippen LogP) is 5.85. The molecule has 3 N–H and O–H groups in total. The lowest BCUT2D eigenvalue weighted by Gasteiger charge is -2.13. The highest BCUT2D eigenvalue weighted by atomic mass is 32.2. The fraction of sp³-hybridized carbons (Fsp3) is 0.120. The minimum Gasteiger partial charge on any atom is -0.361 e. The summed E-state index contributed by atoms with van der Waals surface area (Å²) in [6.07, 6.45) is 1.87. The van der Waals surface area contributed by atoms with Gasteiger partial charge in [-0.2, -0.15) is 0 Å². The number of rotatable bonds is 6. The fourth-order valence-electron chi connectivity index (χ4n) is 3.26. The summed E-state index contributed by atoms with van der Waals surface area (Å²) in [7, 11) is 0. The summed E-state index contributed by atoms with van der Waals surface area (Å²) in [6, 6.07) is 22.8. The number of amides is 2. The Morgan fingerprint density at radius 2 is 1.71 bits per heavy atom. The molecule has 0 bridgehead atoms. The molecule has 0 fully saturated rings. The molecule has 0 aliphatic carbocycles. The van der Waals surface area contributed by atoms with Crippen LogP contribution in [0.4, 0.5) is 11.4 Å². The van der Waals surface area contributed by atoms with E-state index in [1.165, 1.54) is 11.8 Å². The molecule has 0 saturated heterocycles. The highest BCUT2D eigenvalue weighted by molar-refractivity contribution is 8.00. The van der Waals surface area contributed by atoms with Crippen LogP contribution in [0.5, 0.6) is 0 Å². The second kappa shape index (κ2) is 9.10. The van der Waals surface area contributed by atoms with Gasteiger partial charge in [0.05, 0.1) is 5.25 Å². The van der Waals surface area contributed by atoms with Gasteiger partial charge >= 0.3 is 0 Å². The molecule has 5 nitrogen and oxygen atoms in total. The lowest BCUT2D eigenvalue weighted by molar-refractivity contribution is -0.115. The number of aryl methyl sites for hydroxylation is 1. The average molecular weight is 430 g/mol. The lowest BCUT2D eigenvalue weighted by atomic mass is 10.1. The van der Waals surface area contributed by atoms with Crippen LogP contribution >= 0.6 is 11.8 Å². The first kappa shape index (κ1) is 20.8. The number of aromatic nitrogens is 1. The zero-order chi connectivity index (χ0) is 21.8. The molecule has 4 aromatic rings. The number of fused-ring (bicyclic) bond motifs is 1. The number of thioether (sulfide) groups is 1. The first-order valence-electron chi connectivity index (χ1n) is 10.0. The van der Waals surface area contributed by atoms with Gasteiger partial charge in [-0.25, -0.2) is 0 Å². The summed E-state index contributed by atoms with van der Waals surface area (Å²) in [5.74, 6) is -0.235. The maximum absolute atomic E-state index is 12.7. The quantitative estimate of drug-likeness (QED) is 0.337. The van der Waals surface area contributed by atoms with Gasteiger partial charge in [-0.3, -0.25) is 9.59 Å². The van der Waals surface area contributed by atoms with E-state index < -0.39 is 0 Å². The molecule has 4 rings (SSSR count). The highest BCUT2D eigenvalue weighted by Crippen LogP contribution is 2.27. The number of nitrogens with one attached hydrogen (secondary N) is 3. The van der Waals surface area contributed by atoms with Crippen molar-refractivity contribution in [2.24, 2.45) is 0 Å². The summed E-state index contributed by atoms with van der Waals surface area (Å²) >= 11 is 1.44. The maximum Gasteiger partial charge on any atom is 0.255 e. The minimum absolute atomic E-state index is 0.0786. The molecule has 0 aliphatic rings. The maximum atomic E-state index is 12.7. The monoisotopic (exact) mass is 429 g/mol. The molecule has 1 unspecified atom stereocenters. The van der Waals surface area contributed by atoms with Crippen LogP contribution in [0.25, 0.3) is 10.9 Å². The Labute approximate surface area is 185 Å². The number of H-pyrrole nitrogens is 1. The number of carbonyl (C=O) groups excluding carboxylic acids is 2. The molecule has 0 radical (unpaired) electrons. The Balaban J connectivity index is 1.39. The van der Waals surface area contributed by atoms with Crippen LogP contribution in [0.2, 0.25) is 0 Å². The summed E-state index contributed by atoms with van der Waals surface area (Å²) in [5.41, 5.74) is 4.08. The number of hydrogen-bond donors (Lipinski definition) is 3. The SMILES string of the molecule is Cc1cccc(C(=O)Nc2cccc(SC(C)C(=O)Nc3ccc4cc[nH]c4c3)c2)c1. The van der Waals surface area contributed by atoms with E-state index in [-0.39, 0.29) is 17.1 Å². The van der Waals surface area contributed by atoms with Crippen molar-refractivity contribution in [3.63, 3.8) is 0 Å². The largest absolute Gasteiger partial charge is 0.361 e. The second-order valence-corrected chi connectivity index (χ2v) is 8.79. The van der Waals surface area contributed by atoms with Gasteiger partial charge in [-0.1, -0.05) is 29.8 Å². The van der Waals surface area contributed by atoms with Crippen molar-refractivity contribution in [3.05, 3.63) is 90.1 Å². The number of carbonyl (C=O) groups is 2. The molecule has 0 aliphatic heterocycles. The van der Waals surface area contributed by atoms with Crippen molar-refractivity contribution in [3.8, 4) is 0 Å². The van der Waals surface area contributed by atoms with Crippen LogP contribution < -0.4 is 10.6 Å². The van der Waals surface area contributed by atoms with E-state index in [1.807, 2.05) is 86.8 Å². The molecule has 156 valence electrons. The molecular weight excluding hydrogens is 406 g/mol. The normalized spacial score (nSPS) is 11.8. The third-order valence-corrected chi connectivity index (χ3v) is 5.97. The Hall–Kier alpha value is -3.51. The first-order valence-corrected chi connectivity index (χ1v) is 10.9. The number of anilines is 2. The molecule has 1 aromatic heterocycles. The van der Waals surface area contributed by atoms with Crippen LogP contribution in [0.1, 0.15) is 22.8 Å². The Bertz CT molecular complexity index is 1250. The van der Waals surface area contributed by atoms with E-state index in [9.17, 15) is 9.59 Å². The summed E-state index contributed by atoms with van der Waals surface area (Å²) < 4.78 is 0. The smallest absolute Gasteiger partial charge is 0.255 e. The van der Waals surface area contributed by atoms with Crippen LogP contribution in [0.3, 0.4) is 0 Å². The van der Waals surface area contributed by atoms with Gasteiger partial charge in [0.25, 0.3) is 5.91 Å². The standard InChI is InChI=1S/C25H23N3O2S/c1-16-5-3-6-19(13-16)25(30)28-20-7-4-8-22(14-20)31-17(2)24(29)27-21-10-9-18-11-12-26-23(18)15-21/h3-15,17,26H,1-2H3,(H,27,29)(H,28,30). The second-order valence-electron chi connectivity index (χ2n) is 7.38. The molecule has 0 spiro atoms. The molecule has 31 heavy (non-hydrogen) atoms. The zero-order valence-electron chi connectivity index (χ0n) is 17.3. The molecule has 1 heterocycles. The lowest BCUT2D eigenvalue weighted by Crippen LogP contribution is -2.22. The molecule has 3 aromatic carbocycles. The van der Waals surface area contributed by atoms with E-state index in [4.69, 9.17) is 0 Å². The van der Waals surface area contributed by atoms with Crippen LogP contribution in [0, 0.1) is 6.92 Å². The third kappa shape index (κ3) is 5.16. The number of hydrogen-bond acceptors (Lipinski definition) is 3. The third-order valence-electron chi connectivity index (χ3n) is 4.88. The van der Waals surface area contributed by atoms with Crippen molar-refractivity contribution in [1.29, 1.82) is 0 Å². The van der Waals surface area contributed by atoms with Crippen molar-refractivity contribution in [2.75, 3.05) is 10.6 Å². The summed E-state index contributed by atoms with van der Waals surface area (Å²) in [5, 5.41) is 6.69. The van der Waals surface area contributed by atoms with Crippen LogP contribution in [-0.4, -0.2) is 22.0 Å². The van der Waals surface area contributed by atoms with Gasteiger partial charge in [0, 0.05) is 33.5 Å². The van der Waals surface area contributed by atoms with Crippen molar-refractivity contribution in [1.82, 2.24) is 4.98 Å². The van der Waals surface area contributed by atoms with Crippen LogP contribution in [0.15, 0.2) is 83.9 Å². The Morgan fingerprint density at radius 3 is 2.55 bits per heavy atom. The average Bonchev–Trinajstić information content (AvgIpc) is 3.22. The van der Waals surface area contributed by atoms with Crippen molar-refractivity contribution in [2.45, 2.75) is 24.0 Å². The van der Waals surface area contributed by atoms with Crippen LogP contribution in [-0.2, 0) is 4.79 Å². The van der Waals surface area contributed by atoms with Gasteiger partial charge in [0.15, 0.2) is 0 Å². The zero-order valence-corrected chi connectivity index (χ0v) is 18.1. The van der Waals surface area contributed by atoms with Gasteiger partial charge in [0.2, 0.25) is 5.91 Å². The van der Waals surface area contributed by atoms with E-state index in [1.54, 1.807) is 6.07 Å². The van der Waals surface area contributed by atoms with Crippen molar-refractivity contribution < 1.29 is 9.59 Å². The van der Waals surface area contributed by atoms with Gasteiger partial charge in [0.1, 0.15) is 0 Å². The van der Waals surface area contributed by atoms with E-state index in [2.05, 4.69) is 15.6 Å². The van der Waals surface area contributed by atoms with Crippen molar-refractivity contribution >= 4 is 45.9 Å². The molecule has 6 heteroatoms. The molecule has 0 saturated carbocycles. The predicted molar refractivity (Wildman–Crippen MR) is 128 cm³/mol. The first-order chi connectivity index (χ1) is 15.0. The Kier molecular flexibility index (Phi) is 6.09. The summed E-state index contributed by atoms with van der Waals surface area (Å²) in [6.45, 7) is 3.82. The topological polar surface area (TPSA) is 74.0 Å². The van der Waals surface area contributed by atoms with E-state index in [0.717, 1.165) is 27.0 Å².